The highest BCUT2D eigenvalue weighted by molar-refractivity contribution is 5.25. The zero-order chi connectivity index (χ0) is 14.2. The van der Waals surface area contributed by atoms with Crippen LogP contribution in [0.4, 0.5) is 0 Å². The van der Waals surface area contributed by atoms with Crippen molar-refractivity contribution in [2.24, 2.45) is 5.73 Å². The molecule has 3 nitrogen and oxygen atoms in total. The number of benzene rings is 1. The standard InChI is InChI=1S/C17H27NO2/c1-19-13-11-14-5-7-15(8-6-14)17(18)10-9-16-4-2-3-12-20-16/h5-8,16-17H,2-4,9-13,18H2,1H3. The van der Waals surface area contributed by atoms with E-state index in [1.807, 2.05) is 0 Å². The van der Waals surface area contributed by atoms with Crippen LogP contribution < -0.4 is 5.73 Å². The Morgan fingerprint density at radius 3 is 2.75 bits per heavy atom. The normalized spacial score (nSPS) is 20.8. The summed E-state index contributed by atoms with van der Waals surface area (Å²) >= 11 is 0. The lowest BCUT2D eigenvalue weighted by Crippen LogP contribution is -2.21. The predicted octanol–water partition coefficient (Wildman–Crippen LogP) is 3.22. The van der Waals surface area contributed by atoms with E-state index in [2.05, 4.69) is 24.3 Å². The molecule has 2 N–H and O–H groups in total. The number of hydrogen-bond donors (Lipinski definition) is 1. The summed E-state index contributed by atoms with van der Waals surface area (Å²) in [6.45, 7) is 1.69. The first kappa shape index (κ1) is 15.5. The molecule has 1 aliphatic rings. The minimum absolute atomic E-state index is 0.122. The molecular formula is C17H27NO2. The van der Waals surface area contributed by atoms with Crippen molar-refractivity contribution in [1.29, 1.82) is 0 Å². The molecular weight excluding hydrogens is 250 g/mol. The molecule has 2 rings (SSSR count). The maximum atomic E-state index is 6.28. The summed E-state index contributed by atoms with van der Waals surface area (Å²) in [6, 6.07) is 8.74. The molecule has 20 heavy (non-hydrogen) atoms. The van der Waals surface area contributed by atoms with Crippen molar-refractivity contribution in [1.82, 2.24) is 0 Å². The monoisotopic (exact) mass is 277 g/mol. The van der Waals surface area contributed by atoms with E-state index in [1.54, 1.807) is 7.11 Å². The Morgan fingerprint density at radius 2 is 2.10 bits per heavy atom. The third-order valence-electron chi connectivity index (χ3n) is 4.08. The third kappa shape index (κ3) is 4.89. The summed E-state index contributed by atoms with van der Waals surface area (Å²) in [7, 11) is 1.73. The Kier molecular flexibility index (Phi) is 6.51. The van der Waals surface area contributed by atoms with Gasteiger partial charge in [-0.15, -0.1) is 0 Å². The fourth-order valence-corrected chi connectivity index (χ4v) is 2.72. The summed E-state index contributed by atoms with van der Waals surface area (Å²) in [6.07, 6.45) is 7.18. The van der Waals surface area contributed by atoms with Crippen molar-refractivity contribution < 1.29 is 9.47 Å². The fourth-order valence-electron chi connectivity index (χ4n) is 2.72. The van der Waals surface area contributed by atoms with Crippen molar-refractivity contribution in [3.05, 3.63) is 35.4 Å². The second-order valence-corrected chi connectivity index (χ2v) is 5.66. The summed E-state index contributed by atoms with van der Waals surface area (Å²) in [5.74, 6) is 0. The first-order valence-corrected chi connectivity index (χ1v) is 7.74. The first-order chi connectivity index (χ1) is 9.79. The van der Waals surface area contributed by atoms with E-state index in [-0.39, 0.29) is 6.04 Å². The molecule has 0 saturated carbocycles. The minimum atomic E-state index is 0.122. The van der Waals surface area contributed by atoms with E-state index in [9.17, 15) is 0 Å². The fraction of sp³-hybridized carbons (Fsp3) is 0.647. The van der Waals surface area contributed by atoms with Gasteiger partial charge < -0.3 is 15.2 Å². The average molecular weight is 277 g/mol. The molecule has 1 aromatic carbocycles. The minimum Gasteiger partial charge on any atom is -0.384 e. The van der Waals surface area contributed by atoms with Gasteiger partial charge in [0.15, 0.2) is 0 Å². The van der Waals surface area contributed by atoms with Crippen LogP contribution in [0.5, 0.6) is 0 Å². The van der Waals surface area contributed by atoms with Gasteiger partial charge in [-0.05, 0) is 49.7 Å². The van der Waals surface area contributed by atoms with E-state index < -0.39 is 0 Å². The molecule has 0 aliphatic carbocycles. The molecule has 2 unspecified atom stereocenters. The van der Waals surface area contributed by atoms with Crippen molar-refractivity contribution in [3.63, 3.8) is 0 Å². The Hall–Kier alpha value is -0.900. The largest absolute Gasteiger partial charge is 0.384 e. The van der Waals surface area contributed by atoms with Crippen LogP contribution in [-0.2, 0) is 15.9 Å². The summed E-state index contributed by atoms with van der Waals surface area (Å²) < 4.78 is 10.8. The molecule has 112 valence electrons. The number of methoxy groups -OCH3 is 1. The van der Waals surface area contributed by atoms with E-state index >= 15 is 0 Å². The van der Waals surface area contributed by atoms with Gasteiger partial charge in [-0.2, -0.15) is 0 Å². The highest BCUT2D eigenvalue weighted by Gasteiger charge is 2.15. The number of rotatable bonds is 7. The van der Waals surface area contributed by atoms with Crippen LogP contribution in [0.25, 0.3) is 0 Å². The van der Waals surface area contributed by atoms with Crippen molar-refractivity contribution in [3.8, 4) is 0 Å². The molecule has 0 aromatic heterocycles. The lowest BCUT2D eigenvalue weighted by Gasteiger charge is -2.24. The number of hydrogen-bond acceptors (Lipinski definition) is 3. The molecule has 0 radical (unpaired) electrons. The zero-order valence-corrected chi connectivity index (χ0v) is 12.5. The number of ether oxygens (including phenoxy) is 2. The summed E-state index contributed by atoms with van der Waals surface area (Å²) in [5.41, 5.74) is 8.81. The molecule has 0 bridgehead atoms. The molecule has 1 aromatic rings. The zero-order valence-electron chi connectivity index (χ0n) is 12.5. The first-order valence-electron chi connectivity index (χ1n) is 7.74. The third-order valence-corrected chi connectivity index (χ3v) is 4.08. The van der Waals surface area contributed by atoms with Gasteiger partial charge in [0.2, 0.25) is 0 Å². The van der Waals surface area contributed by atoms with E-state index in [0.717, 1.165) is 32.5 Å². The van der Waals surface area contributed by atoms with Gasteiger partial charge in [-0.3, -0.25) is 0 Å². The van der Waals surface area contributed by atoms with Gasteiger partial charge in [0.1, 0.15) is 0 Å². The van der Waals surface area contributed by atoms with Crippen LogP contribution in [0.2, 0.25) is 0 Å². The Labute approximate surface area is 122 Å². The highest BCUT2D eigenvalue weighted by atomic mass is 16.5. The maximum absolute atomic E-state index is 6.28. The van der Waals surface area contributed by atoms with Gasteiger partial charge in [-0.25, -0.2) is 0 Å². The van der Waals surface area contributed by atoms with Crippen molar-refractivity contribution >= 4 is 0 Å². The molecule has 1 aliphatic heterocycles. The van der Waals surface area contributed by atoms with Crippen LogP contribution in [0.1, 0.15) is 49.3 Å². The van der Waals surface area contributed by atoms with Crippen LogP contribution in [0.15, 0.2) is 24.3 Å². The predicted molar refractivity (Wildman–Crippen MR) is 81.8 cm³/mol. The van der Waals surface area contributed by atoms with E-state index in [1.165, 1.54) is 30.4 Å². The topological polar surface area (TPSA) is 44.5 Å². The Morgan fingerprint density at radius 1 is 1.30 bits per heavy atom. The van der Waals surface area contributed by atoms with Crippen LogP contribution in [0, 0.1) is 0 Å². The highest BCUT2D eigenvalue weighted by Crippen LogP contribution is 2.22. The van der Waals surface area contributed by atoms with E-state index in [4.69, 9.17) is 15.2 Å². The van der Waals surface area contributed by atoms with Gasteiger partial charge in [0, 0.05) is 19.8 Å². The molecule has 0 spiro atoms. The average Bonchev–Trinajstić information content (AvgIpc) is 2.52. The van der Waals surface area contributed by atoms with Crippen molar-refractivity contribution in [2.45, 2.75) is 50.7 Å². The van der Waals surface area contributed by atoms with Crippen LogP contribution >= 0.6 is 0 Å². The summed E-state index contributed by atoms with van der Waals surface area (Å²) in [5, 5.41) is 0. The Balaban J connectivity index is 1.77. The molecule has 0 amide bonds. The second-order valence-electron chi connectivity index (χ2n) is 5.66. The molecule has 3 heteroatoms. The van der Waals surface area contributed by atoms with Crippen LogP contribution in [-0.4, -0.2) is 26.4 Å². The maximum Gasteiger partial charge on any atom is 0.0575 e. The SMILES string of the molecule is COCCc1ccc(C(N)CCC2CCCCO2)cc1. The smallest absolute Gasteiger partial charge is 0.0575 e. The van der Waals surface area contributed by atoms with Gasteiger partial charge in [0.05, 0.1) is 12.7 Å². The lowest BCUT2D eigenvalue weighted by molar-refractivity contribution is 0.00912. The van der Waals surface area contributed by atoms with E-state index in [0.29, 0.717) is 6.10 Å². The molecule has 2 atom stereocenters. The van der Waals surface area contributed by atoms with Gasteiger partial charge in [0.25, 0.3) is 0 Å². The van der Waals surface area contributed by atoms with Crippen molar-refractivity contribution in [2.75, 3.05) is 20.3 Å². The molecule has 1 heterocycles. The van der Waals surface area contributed by atoms with Crippen LogP contribution in [0.3, 0.4) is 0 Å². The molecule has 1 saturated heterocycles. The Bertz CT molecular complexity index is 371. The lowest BCUT2D eigenvalue weighted by atomic mass is 9.97. The van der Waals surface area contributed by atoms with Gasteiger partial charge >= 0.3 is 0 Å². The second kappa shape index (κ2) is 8.40. The summed E-state index contributed by atoms with van der Waals surface area (Å²) in [4.78, 5) is 0. The van der Waals surface area contributed by atoms with Gasteiger partial charge in [-0.1, -0.05) is 24.3 Å². The quantitative estimate of drug-likeness (QED) is 0.832. The molecule has 1 fully saturated rings. The number of nitrogens with two attached hydrogens (primary N) is 1.